The fourth-order valence-corrected chi connectivity index (χ4v) is 1.92. The van der Waals surface area contributed by atoms with Gasteiger partial charge in [0.15, 0.2) is 10.9 Å². The highest BCUT2D eigenvalue weighted by molar-refractivity contribution is 6.29. The van der Waals surface area contributed by atoms with Gasteiger partial charge in [-0.05, 0) is 24.3 Å². The van der Waals surface area contributed by atoms with Gasteiger partial charge in [0.1, 0.15) is 5.56 Å². The lowest BCUT2D eigenvalue weighted by Gasteiger charge is -2.11. The van der Waals surface area contributed by atoms with Crippen LogP contribution in [0.2, 0.25) is 5.15 Å². The van der Waals surface area contributed by atoms with Crippen LogP contribution in [0.1, 0.15) is 15.9 Å². The van der Waals surface area contributed by atoms with Gasteiger partial charge in [-0.3, -0.25) is 4.79 Å². The number of amides is 1. The lowest BCUT2D eigenvalue weighted by molar-refractivity contribution is -0.137. The Morgan fingerprint density at radius 2 is 1.95 bits per heavy atom. The fraction of sp³-hybridized carbons (Fsp3) is 0.0833. The van der Waals surface area contributed by atoms with Crippen molar-refractivity contribution in [1.29, 1.82) is 0 Å². The number of fused-ring (bicyclic) bond motifs is 2. The smallest absolute Gasteiger partial charge is 0.416 e. The zero-order valence-corrected chi connectivity index (χ0v) is 10.8. The van der Waals surface area contributed by atoms with E-state index in [0.29, 0.717) is 0 Å². The van der Waals surface area contributed by atoms with Crippen LogP contribution in [0, 0.1) is 0 Å². The second-order valence-electron chi connectivity index (χ2n) is 4.15. The zero-order valence-electron chi connectivity index (χ0n) is 10.0. The summed E-state index contributed by atoms with van der Waals surface area (Å²) in [5.74, 6) is -0.983. The molecule has 1 N–H and O–H groups in total. The highest BCUT2D eigenvalue weighted by Crippen LogP contribution is 2.39. The summed E-state index contributed by atoms with van der Waals surface area (Å²) < 4.78 is 43.3. The number of nitrogens with zero attached hydrogens (tertiary/aromatic N) is 2. The molecular weight excluding hydrogens is 311 g/mol. The molecule has 3 rings (SSSR count). The van der Waals surface area contributed by atoms with Crippen LogP contribution in [0.5, 0.6) is 11.6 Å². The van der Waals surface area contributed by atoms with Crippen LogP contribution in [0.25, 0.3) is 0 Å². The minimum absolute atomic E-state index is 0.0141. The van der Waals surface area contributed by atoms with Crippen molar-refractivity contribution in [3.05, 3.63) is 40.5 Å². The number of alkyl halides is 3. The number of benzene rings is 1. The van der Waals surface area contributed by atoms with Crippen molar-refractivity contribution in [3.63, 3.8) is 0 Å². The number of nitrogens with one attached hydrogen (secondary N) is 1. The third-order valence-electron chi connectivity index (χ3n) is 2.74. The topological polar surface area (TPSA) is 64.1 Å². The van der Waals surface area contributed by atoms with Gasteiger partial charge >= 0.3 is 6.18 Å². The number of hydrogen-bond acceptors (Lipinski definition) is 4. The summed E-state index contributed by atoms with van der Waals surface area (Å²) >= 11 is 5.63. The van der Waals surface area contributed by atoms with Gasteiger partial charge in [-0.1, -0.05) is 11.6 Å². The number of hydrogen-bond donors (Lipinski definition) is 1. The summed E-state index contributed by atoms with van der Waals surface area (Å²) in [6, 6.07) is 3.95. The third-order valence-corrected chi connectivity index (χ3v) is 2.92. The van der Waals surface area contributed by atoms with Gasteiger partial charge in [-0.2, -0.15) is 13.2 Å². The Labute approximate surface area is 120 Å². The number of halogens is 4. The van der Waals surface area contributed by atoms with E-state index in [1.54, 1.807) is 0 Å². The molecule has 1 aliphatic heterocycles. The number of carbonyl (C=O) groups excluding carboxylic acids is 1. The molecule has 0 radical (unpaired) electrons. The van der Waals surface area contributed by atoms with Crippen LogP contribution in [0.3, 0.4) is 0 Å². The molecule has 0 bridgehead atoms. The SMILES string of the molecule is O=C1Nc2ccc(C(F)(F)F)cc2Oc2nnc(Cl)cc21. The number of ether oxygens (including phenoxy) is 1. The summed E-state index contributed by atoms with van der Waals surface area (Å²) in [5, 5.41) is 9.47. The van der Waals surface area contributed by atoms with Gasteiger partial charge in [0.2, 0.25) is 0 Å². The first-order chi connectivity index (χ1) is 9.84. The largest absolute Gasteiger partial charge is 0.435 e. The van der Waals surface area contributed by atoms with Crippen LogP contribution in [-0.4, -0.2) is 16.1 Å². The normalized spacial score (nSPS) is 13.6. The van der Waals surface area contributed by atoms with Crippen LogP contribution in [0.15, 0.2) is 24.3 Å². The maximum absolute atomic E-state index is 12.7. The van der Waals surface area contributed by atoms with Crippen molar-refractivity contribution in [3.8, 4) is 11.6 Å². The number of carbonyl (C=O) groups is 1. The first-order valence-electron chi connectivity index (χ1n) is 5.58. The standard InChI is InChI=1S/C12H5ClF3N3O2/c13-9-4-6-10(20)17-7-2-1-5(12(14,15)16)3-8(7)21-11(6)19-18-9/h1-4H,(H,17,20). The van der Waals surface area contributed by atoms with Crippen molar-refractivity contribution in [2.75, 3.05) is 5.32 Å². The van der Waals surface area contributed by atoms with Gasteiger partial charge in [0, 0.05) is 0 Å². The minimum atomic E-state index is -4.52. The van der Waals surface area contributed by atoms with E-state index < -0.39 is 17.6 Å². The fourth-order valence-electron chi connectivity index (χ4n) is 1.77. The molecule has 1 aromatic heterocycles. The van der Waals surface area contributed by atoms with Crippen molar-refractivity contribution < 1.29 is 22.7 Å². The third kappa shape index (κ3) is 2.49. The molecule has 2 aromatic rings. The molecular formula is C12H5ClF3N3O2. The number of anilines is 1. The molecule has 0 saturated carbocycles. The van der Waals surface area contributed by atoms with Gasteiger partial charge in [0.05, 0.1) is 11.3 Å². The van der Waals surface area contributed by atoms with E-state index in [4.69, 9.17) is 16.3 Å². The quantitative estimate of drug-likeness (QED) is 0.808. The molecule has 0 unspecified atom stereocenters. The minimum Gasteiger partial charge on any atom is -0.435 e. The maximum atomic E-state index is 12.7. The van der Waals surface area contributed by atoms with E-state index in [1.165, 1.54) is 6.07 Å². The summed E-state index contributed by atoms with van der Waals surface area (Å²) in [4.78, 5) is 12.0. The molecule has 9 heteroatoms. The summed E-state index contributed by atoms with van der Waals surface area (Å²) in [5.41, 5.74) is -0.817. The second-order valence-corrected chi connectivity index (χ2v) is 4.54. The molecule has 0 spiro atoms. The van der Waals surface area contributed by atoms with Gasteiger partial charge in [0.25, 0.3) is 11.8 Å². The Kier molecular flexibility index (Phi) is 2.98. The van der Waals surface area contributed by atoms with Gasteiger partial charge in [-0.25, -0.2) is 0 Å². The number of aromatic nitrogens is 2. The average molecular weight is 316 g/mol. The Morgan fingerprint density at radius 3 is 2.67 bits per heavy atom. The lowest BCUT2D eigenvalue weighted by Crippen LogP contribution is -2.11. The Morgan fingerprint density at radius 1 is 1.19 bits per heavy atom. The molecule has 1 aliphatic rings. The van der Waals surface area contributed by atoms with Crippen molar-refractivity contribution >= 4 is 23.2 Å². The van der Waals surface area contributed by atoms with E-state index in [-0.39, 0.29) is 28.0 Å². The molecule has 1 amide bonds. The Balaban J connectivity index is 2.12. The van der Waals surface area contributed by atoms with Crippen LogP contribution in [0.4, 0.5) is 18.9 Å². The first-order valence-corrected chi connectivity index (χ1v) is 5.96. The molecule has 1 aromatic carbocycles. The van der Waals surface area contributed by atoms with Crippen molar-refractivity contribution in [2.24, 2.45) is 0 Å². The van der Waals surface area contributed by atoms with E-state index >= 15 is 0 Å². The Hall–Kier alpha value is -2.35. The van der Waals surface area contributed by atoms with E-state index in [0.717, 1.165) is 18.2 Å². The predicted octanol–water partition coefficient (Wildman–Crippen LogP) is 3.51. The van der Waals surface area contributed by atoms with Gasteiger partial charge in [-0.15, -0.1) is 10.2 Å². The highest BCUT2D eigenvalue weighted by Gasteiger charge is 2.32. The molecule has 0 atom stereocenters. The van der Waals surface area contributed by atoms with Crippen molar-refractivity contribution in [2.45, 2.75) is 6.18 Å². The van der Waals surface area contributed by atoms with E-state index in [9.17, 15) is 18.0 Å². The molecule has 21 heavy (non-hydrogen) atoms. The molecule has 0 saturated heterocycles. The Bertz CT molecular complexity index is 749. The maximum Gasteiger partial charge on any atom is 0.416 e. The highest BCUT2D eigenvalue weighted by atomic mass is 35.5. The number of rotatable bonds is 0. The predicted molar refractivity (Wildman–Crippen MR) is 66.5 cm³/mol. The average Bonchev–Trinajstić information content (AvgIpc) is 2.53. The summed E-state index contributed by atoms with van der Waals surface area (Å²) in [6.45, 7) is 0. The van der Waals surface area contributed by atoms with Crippen LogP contribution in [-0.2, 0) is 6.18 Å². The zero-order chi connectivity index (χ0) is 15.2. The first kappa shape index (κ1) is 13.6. The van der Waals surface area contributed by atoms with E-state index in [2.05, 4.69) is 15.5 Å². The second kappa shape index (κ2) is 4.59. The molecule has 108 valence electrons. The van der Waals surface area contributed by atoms with Crippen molar-refractivity contribution in [1.82, 2.24) is 10.2 Å². The van der Waals surface area contributed by atoms with Crippen LogP contribution >= 0.6 is 11.6 Å². The molecule has 0 fully saturated rings. The molecule has 0 aliphatic carbocycles. The summed E-state index contributed by atoms with van der Waals surface area (Å²) in [7, 11) is 0. The van der Waals surface area contributed by atoms with Gasteiger partial charge < -0.3 is 10.1 Å². The lowest BCUT2D eigenvalue weighted by atomic mass is 10.2. The van der Waals surface area contributed by atoms with E-state index in [1.807, 2.05) is 0 Å². The molecule has 5 nitrogen and oxygen atoms in total. The monoisotopic (exact) mass is 315 g/mol. The summed E-state index contributed by atoms with van der Waals surface area (Å²) in [6.07, 6.45) is -4.52. The molecule has 2 heterocycles. The van der Waals surface area contributed by atoms with Crippen LogP contribution < -0.4 is 10.1 Å².